The van der Waals surface area contributed by atoms with Gasteiger partial charge in [-0.05, 0) is 56.8 Å². The minimum atomic E-state index is -0.415. The van der Waals surface area contributed by atoms with E-state index in [1.165, 1.54) is 31.8 Å². The normalized spacial score (nSPS) is 37.3. The van der Waals surface area contributed by atoms with Gasteiger partial charge in [0, 0.05) is 38.5 Å². The van der Waals surface area contributed by atoms with E-state index in [0.717, 1.165) is 18.8 Å². The van der Waals surface area contributed by atoms with E-state index < -0.39 is 6.10 Å². The summed E-state index contributed by atoms with van der Waals surface area (Å²) in [6.45, 7) is 12.6. The van der Waals surface area contributed by atoms with Crippen molar-refractivity contribution in [3.05, 3.63) is 11.6 Å². The molecule has 0 radical (unpaired) electrons. The zero-order valence-corrected chi connectivity index (χ0v) is 22.2. The first kappa shape index (κ1) is 27.1. The molecule has 3 aliphatic rings. The van der Waals surface area contributed by atoms with Crippen LogP contribution in [-0.4, -0.2) is 35.3 Å². The number of hydrogen-bond acceptors (Lipinski definition) is 5. The quantitative estimate of drug-likeness (QED) is 0.259. The van der Waals surface area contributed by atoms with E-state index in [4.69, 9.17) is 9.47 Å². The molecule has 1 saturated carbocycles. The van der Waals surface area contributed by atoms with Crippen LogP contribution in [0.4, 0.5) is 0 Å². The van der Waals surface area contributed by atoms with Crippen molar-refractivity contribution in [1.29, 1.82) is 0 Å². The molecule has 192 valence electrons. The predicted octanol–water partition coefficient (Wildman–Crippen LogP) is 6.23. The predicted molar refractivity (Wildman–Crippen MR) is 133 cm³/mol. The molecular formula is C29H46O5. The molecule has 1 aliphatic heterocycles. The molecule has 1 heterocycles. The van der Waals surface area contributed by atoms with Crippen LogP contribution in [0.2, 0.25) is 0 Å². The second kappa shape index (κ2) is 11.5. The number of hydrogen-bond donors (Lipinski definition) is 0. The Kier molecular flexibility index (Phi) is 9.16. The largest absolute Gasteiger partial charge is 0.462 e. The summed E-state index contributed by atoms with van der Waals surface area (Å²) < 4.78 is 11.8. The molecule has 0 spiro atoms. The van der Waals surface area contributed by atoms with Gasteiger partial charge in [0.2, 0.25) is 0 Å². The lowest BCUT2D eigenvalue weighted by Crippen LogP contribution is -2.30. The van der Waals surface area contributed by atoms with Crippen LogP contribution >= 0.6 is 0 Å². The van der Waals surface area contributed by atoms with Crippen molar-refractivity contribution in [2.24, 2.45) is 29.6 Å². The molecule has 0 aromatic heterocycles. The van der Waals surface area contributed by atoms with E-state index in [9.17, 15) is 14.4 Å². The molecule has 5 heteroatoms. The molecule has 1 saturated heterocycles. The summed E-state index contributed by atoms with van der Waals surface area (Å²) in [4.78, 5) is 37.7. The first-order valence-corrected chi connectivity index (χ1v) is 13.6. The Balaban J connectivity index is 1.80. The fourth-order valence-electron chi connectivity index (χ4n) is 6.58. The number of ether oxygens (including phenoxy) is 2. The number of allylic oxidation sites excluding steroid dienone is 1. The van der Waals surface area contributed by atoms with Gasteiger partial charge in [-0.2, -0.15) is 0 Å². The summed E-state index contributed by atoms with van der Waals surface area (Å²) in [7, 11) is 0. The molecule has 0 aromatic carbocycles. The van der Waals surface area contributed by atoms with Crippen molar-refractivity contribution in [1.82, 2.24) is 0 Å². The highest BCUT2D eigenvalue weighted by Gasteiger charge is 2.59. The van der Waals surface area contributed by atoms with Crippen LogP contribution in [0.5, 0.6) is 0 Å². The van der Waals surface area contributed by atoms with Gasteiger partial charge in [-0.1, -0.05) is 51.7 Å². The number of fused-ring (bicyclic) bond motifs is 2. The summed E-state index contributed by atoms with van der Waals surface area (Å²) >= 11 is 0. The molecule has 0 amide bonds. The molecule has 0 aromatic rings. The highest BCUT2D eigenvalue weighted by Crippen LogP contribution is 2.53. The van der Waals surface area contributed by atoms with Crippen molar-refractivity contribution >= 4 is 17.5 Å². The molecule has 7 atom stereocenters. The van der Waals surface area contributed by atoms with E-state index in [2.05, 4.69) is 40.7 Å². The van der Waals surface area contributed by atoms with Crippen LogP contribution in [0.3, 0.4) is 0 Å². The van der Waals surface area contributed by atoms with E-state index >= 15 is 0 Å². The summed E-state index contributed by atoms with van der Waals surface area (Å²) in [5.74, 6) is 1.63. The maximum Gasteiger partial charge on any atom is 0.302 e. The summed E-state index contributed by atoms with van der Waals surface area (Å²) in [6, 6.07) is 0. The lowest BCUT2D eigenvalue weighted by Gasteiger charge is -2.29. The third-order valence-electron chi connectivity index (χ3n) is 8.72. The zero-order valence-electron chi connectivity index (χ0n) is 22.2. The molecule has 5 nitrogen and oxygen atoms in total. The fourth-order valence-corrected chi connectivity index (χ4v) is 6.58. The van der Waals surface area contributed by atoms with Crippen LogP contribution in [-0.2, 0) is 23.9 Å². The van der Waals surface area contributed by atoms with Crippen molar-refractivity contribution in [3.8, 4) is 0 Å². The first-order valence-electron chi connectivity index (χ1n) is 13.6. The Morgan fingerprint density at radius 3 is 2.56 bits per heavy atom. The number of ketones is 2. The smallest absolute Gasteiger partial charge is 0.302 e. The van der Waals surface area contributed by atoms with Gasteiger partial charge >= 0.3 is 5.97 Å². The maximum absolute atomic E-state index is 13.5. The Bertz CT molecular complexity index is 783. The van der Waals surface area contributed by atoms with E-state index in [-0.39, 0.29) is 41.7 Å². The Morgan fingerprint density at radius 1 is 1.15 bits per heavy atom. The van der Waals surface area contributed by atoms with Crippen molar-refractivity contribution in [2.75, 3.05) is 0 Å². The lowest BCUT2D eigenvalue weighted by atomic mass is 9.75. The minimum Gasteiger partial charge on any atom is -0.462 e. The van der Waals surface area contributed by atoms with Gasteiger partial charge in [0.15, 0.2) is 0 Å². The Labute approximate surface area is 206 Å². The van der Waals surface area contributed by atoms with Crippen LogP contribution < -0.4 is 0 Å². The second-order valence-electron chi connectivity index (χ2n) is 11.8. The molecule has 2 aliphatic carbocycles. The molecular weight excluding hydrogens is 428 g/mol. The number of carbonyl (C=O) groups excluding carboxylic acids is 3. The van der Waals surface area contributed by atoms with E-state index in [0.29, 0.717) is 43.3 Å². The number of epoxide rings is 1. The average molecular weight is 475 g/mol. The van der Waals surface area contributed by atoms with Crippen LogP contribution in [0, 0.1) is 29.6 Å². The van der Waals surface area contributed by atoms with Crippen molar-refractivity contribution in [2.45, 2.75) is 124 Å². The first-order chi connectivity index (χ1) is 16.0. The van der Waals surface area contributed by atoms with Crippen molar-refractivity contribution < 1.29 is 23.9 Å². The summed E-state index contributed by atoms with van der Waals surface area (Å²) in [5.41, 5.74) is 1.02. The van der Waals surface area contributed by atoms with Crippen LogP contribution in [0.1, 0.15) is 106 Å². The number of carbonyl (C=O) groups is 3. The zero-order chi connectivity index (χ0) is 25.0. The summed E-state index contributed by atoms with van der Waals surface area (Å²) in [6.07, 6.45) is 9.48. The second-order valence-corrected chi connectivity index (χ2v) is 11.8. The van der Waals surface area contributed by atoms with Gasteiger partial charge in [-0.3, -0.25) is 14.4 Å². The van der Waals surface area contributed by atoms with Crippen LogP contribution in [0.15, 0.2) is 11.6 Å². The standard InChI is InChI=1S/C29H46O5/c1-18(2)8-7-9-20(4)26-14-15-27(32)24-13-11-22(31)16-23(33-21(5)30)12-10-19(3)25(24)17-28-29(26,6)34-28/h10,18,20,23-26,28H,7-9,11-17H2,1-6H3/b19-10-/t20-,23+,24-,25-,26-,28-,29+/m1/s1. The van der Waals surface area contributed by atoms with Crippen molar-refractivity contribution in [3.63, 3.8) is 0 Å². The third kappa shape index (κ3) is 6.80. The topological polar surface area (TPSA) is 73.0 Å². The monoisotopic (exact) mass is 474 g/mol. The van der Waals surface area contributed by atoms with E-state index in [1.54, 1.807) is 0 Å². The fraction of sp³-hybridized carbons (Fsp3) is 0.828. The van der Waals surface area contributed by atoms with Gasteiger partial charge in [-0.15, -0.1) is 0 Å². The van der Waals surface area contributed by atoms with Gasteiger partial charge in [0.1, 0.15) is 17.7 Å². The average Bonchev–Trinajstić information content (AvgIpc) is 3.38. The summed E-state index contributed by atoms with van der Waals surface area (Å²) in [5, 5.41) is 0. The maximum atomic E-state index is 13.5. The number of Topliss-reactive ketones (excluding diaryl/α,β-unsaturated/α-hetero) is 2. The highest BCUT2D eigenvalue weighted by molar-refractivity contribution is 5.84. The molecule has 34 heavy (non-hydrogen) atoms. The third-order valence-corrected chi connectivity index (χ3v) is 8.72. The molecule has 0 bridgehead atoms. The SMILES string of the molecule is CC(=O)O[C@H]1C/C=C(/C)[C@H]2C[C@H]3O[C@@]3(C)[C@@H]([C@H](C)CCCC(C)C)CCC(=O)[C@@H]2CCC(=O)C1. The van der Waals surface area contributed by atoms with Gasteiger partial charge in [0.05, 0.1) is 11.7 Å². The molecule has 0 unspecified atom stereocenters. The Morgan fingerprint density at radius 2 is 1.88 bits per heavy atom. The van der Waals surface area contributed by atoms with Crippen LogP contribution in [0.25, 0.3) is 0 Å². The van der Waals surface area contributed by atoms with Gasteiger partial charge in [-0.25, -0.2) is 0 Å². The molecule has 0 N–H and O–H groups in total. The lowest BCUT2D eigenvalue weighted by molar-refractivity contribution is -0.147. The molecule has 3 rings (SSSR count). The van der Waals surface area contributed by atoms with E-state index in [1.807, 2.05) is 0 Å². The number of rotatable bonds is 6. The van der Waals surface area contributed by atoms with Gasteiger partial charge < -0.3 is 9.47 Å². The Hall–Kier alpha value is -1.49. The van der Waals surface area contributed by atoms with Gasteiger partial charge in [0.25, 0.3) is 0 Å². The number of esters is 1. The minimum absolute atomic E-state index is 0.0785. The molecule has 2 fully saturated rings. The highest BCUT2D eigenvalue weighted by atomic mass is 16.6.